The third kappa shape index (κ3) is 2.72. The second-order valence-corrected chi connectivity index (χ2v) is 7.01. The summed E-state index contributed by atoms with van der Waals surface area (Å²) in [4.78, 5) is 41.6. The number of carbonyl (C=O) groups excluding carboxylic acids is 2. The van der Waals surface area contributed by atoms with Gasteiger partial charge in [0.2, 0.25) is 0 Å². The number of carbonyl (C=O) groups is 3. The average molecular weight is 378 g/mol. The summed E-state index contributed by atoms with van der Waals surface area (Å²) in [6, 6.07) is 11.7. The van der Waals surface area contributed by atoms with Crippen molar-refractivity contribution in [3.05, 3.63) is 75.3 Å². The van der Waals surface area contributed by atoms with Crippen LogP contribution in [0.5, 0.6) is 0 Å². The molecule has 0 unspecified atom stereocenters. The van der Waals surface area contributed by atoms with Crippen molar-refractivity contribution >= 4 is 39.7 Å². The van der Waals surface area contributed by atoms with Gasteiger partial charge in [0.05, 0.1) is 16.9 Å². The Morgan fingerprint density at radius 3 is 2.33 bits per heavy atom. The topological polar surface area (TPSA) is 96.4 Å². The van der Waals surface area contributed by atoms with Gasteiger partial charge < -0.3 is 10.4 Å². The van der Waals surface area contributed by atoms with Crippen molar-refractivity contribution < 1.29 is 19.5 Å². The third-order valence-corrected chi connectivity index (χ3v) is 5.42. The molecule has 4 rings (SSSR count). The Labute approximate surface area is 158 Å². The molecule has 6 nitrogen and oxygen atoms in total. The van der Waals surface area contributed by atoms with E-state index >= 15 is 0 Å². The van der Waals surface area contributed by atoms with Crippen molar-refractivity contribution in [2.75, 3.05) is 5.32 Å². The van der Waals surface area contributed by atoms with Crippen molar-refractivity contribution in [3.8, 4) is 0 Å². The number of ketones is 2. The van der Waals surface area contributed by atoms with Crippen molar-refractivity contribution in [3.63, 3.8) is 0 Å². The van der Waals surface area contributed by atoms with Gasteiger partial charge in [-0.1, -0.05) is 54.7 Å². The number of aryl methyl sites for hydroxylation is 1. The zero-order chi connectivity index (χ0) is 19.1. The number of nitrogens with one attached hydrogen (secondary N) is 1. The molecule has 1 aromatic heterocycles. The van der Waals surface area contributed by atoms with Crippen molar-refractivity contribution in [1.29, 1.82) is 0 Å². The second kappa shape index (κ2) is 6.44. The molecule has 0 amide bonds. The van der Waals surface area contributed by atoms with Gasteiger partial charge >= 0.3 is 5.97 Å². The van der Waals surface area contributed by atoms with E-state index in [0.717, 1.165) is 11.3 Å². The number of aromatic carboxylic acids is 1. The first-order valence-electron chi connectivity index (χ1n) is 8.32. The Hall–Kier alpha value is -3.32. The number of carboxylic acids is 1. The van der Waals surface area contributed by atoms with Crippen molar-refractivity contribution in [2.24, 2.45) is 0 Å². The fraction of sp³-hybridized carbons (Fsp3) is 0.100. The van der Waals surface area contributed by atoms with Gasteiger partial charge in [0.25, 0.3) is 0 Å². The minimum Gasteiger partial charge on any atom is -0.477 e. The highest BCUT2D eigenvalue weighted by Gasteiger charge is 2.31. The fourth-order valence-electron chi connectivity index (χ4n) is 3.18. The molecule has 1 aliphatic rings. The lowest BCUT2D eigenvalue weighted by molar-refractivity contribution is 0.0700. The summed E-state index contributed by atoms with van der Waals surface area (Å²) in [5.41, 5.74) is 2.29. The first-order valence-corrected chi connectivity index (χ1v) is 9.14. The van der Waals surface area contributed by atoms with Gasteiger partial charge in [-0.05, 0) is 12.5 Å². The maximum atomic E-state index is 13.0. The smallest absolute Gasteiger partial charge is 0.347 e. The molecule has 0 spiro atoms. The Morgan fingerprint density at radius 1 is 1.04 bits per heavy atom. The molecule has 0 saturated carbocycles. The van der Waals surface area contributed by atoms with Crippen LogP contribution in [-0.4, -0.2) is 27.6 Å². The zero-order valence-electron chi connectivity index (χ0n) is 14.3. The van der Waals surface area contributed by atoms with E-state index in [9.17, 15) is 19.5 Å². The summed E-state index contributed by atoms with van der Waals surface area (Å²) in [6.45, 7) is 1.83. The predicted molar refractivity (Wildman–Crippen MR) is 101 cm³/mol. The molecule has 0 atom stereocenters. The molecule has 7 heteroatoms. The van der Waals surface area contributed by atoms with E-state index in [1.54, 1.807) is 42.5 Å². The van der Waals surface area contributed by atoms with Gasteiger partial charge in [-0.2, -0.15) is 0 Å². The zero-order valence-corrected chi connectivity index (χ0v) is 15.1. The molecule has 1 aliphatic carbocycles. The van der Waals surface area contributed by atoms with E-state index in [-0.39, 0.29) is 22.0 Å². The SMILES string of the molecule is CCc1nc(Nc2cccc3c2C(=O)c2ccccc2C3=O)sc1C(=O)O. The van der Waals surface area contributed by atoms with Crippen LogP contribution in [-0.2, 0) is 6.42 Å². The maximum absolute atomic E-state index is 13.0. The van der Waals surface area contributed by atoms with E-state index in [1.807, 2.05) is 6.92 Å². The minimum atomic E-state index is -1.03. The Bertz CT molecular complexity index is 1120. The summed E-state index contributed by atoms with van der Waals surface area (Å²) in [7, 11) is 0. The third-order valence-electron chi connectivity index (χ3n) is 4.42. The van der Waals surface area contributed by atoms with E-state index in [4.69, 9.17) is 0 Å². The number of aromatic nitrogens is 1. The minimum absolute atomic E-state index is 0.164. The van der Waals surface area contributed by atoms with Crippen LogP contribution in [0.15, 0.2) is 42.5 Å². The van der Waals surface area contributed by atoms with Crippen LogP contribution in [0.3, 0.4) is 0 Å². The van der Waals surface area contributed by atoms with Crippen LogP contribution < -0.4 is 5.32 Å². The number of hydrogen-bond donors (Lipinski definition) is 2. The first kappa shape index (κ1) is 17.1. The van der Waals surface area contributed by atoms with Gasteiger partial charge in [-0.15, -0.1) is 0 Å². The van der Waals surface area contributed by atoms with Gasteiger partial charge in [0.1, 0.15) is 4.88 Å². The number of fused-ring (bicyclic) bond motifs is 2. The molecular weight excluding hydrogens is 364 g/mol. The van der Waals surface area contributed by atoms with Crippen LogP contribution in [0, 0.1) is 0 Å². The summed E-state index contributed by atoms with van der Waals surface area (Å²) < 4.78 is 0. The molecule has 134 valence electrons. The number of thiazole rings is 1. The largest absolute Gasteiger partial charge is 0.477 e. The normalized spacial score (nSPS) is 12.5. The number of anilines is 2. The highest BCUT2D eigenvalue weighted by atomic mass is 32.1. The molecule has 0 aliphatic heterocycles. The molecule has 0 fully saturated rings. The number of hydrogen-bond acceptors (Lipinski definition) is 6. The quantitative estimate of drug-likeness (QED) is 0.559. The molecule has 2 N–H and O–H groups in total. The van der Waals surface area contributed by atoms with Crippen LogP contribution in [0.25, 0.3) is 0 Å². The van der Waals surface area contributed by atoms with Gasteiger partial charge in [-0.25, -0.2) is 9.78 Å². The summed E-state index contributed by atoms with van der Waals surface area (Å²) in [5.74, 6) is -1.48. The number of nitrogens with zero attached hydrogens (tertiary/aromatic N) is 1. The molecular formula is C20H14N2O4S. The molecule has 2 aromatic carbocycles. The monoisotopic (exact) mass is 378 g/mol. The number of carboxylic acid groups (broad SMARTS) is 1. The van der Waals surface area contributed by atoms with Crippen LogP contribution >= 0.6 is 11.3 Å². The van der Waals surface area contributed by atoms with Gasteiger partial charge in [-0.3, -0.25) is 9.59 Å². The highest BCUT2D eigenvalue weighted by molar-refractivity contribution is 7.17. The van der Waals surface area contributed by atoms with Crippen LogP contribution in [0.4, 0.5) is 10.8 Å². The fourth-order valence-corrected chi connectivity index (χ4v) is 4.08. The molecule has 0 bridgehead atoms. The Morgan fingerprint density at radius 2 is 1.70 bits per heavy atom. The lowest BCUT2D eigenvalue weighted by Gasteiger charge is -2.20. The molecule has 27 heavy (non-hydrogen) atoms. The Kier molecular flexibility index (Phi) is 4.08. The van der Waals surface area contributed by atoms with Gasteiger partial charge in [0.15, 0.2) is 16.7 Å². The standard InChI is InChI=1S/C20H14N2O4S/c1-2-13-18(19(25)26)27-20(21-13)22-14-9-5-8-12-15(14)17(24)11-7-4-3-6-10(11)16(12)23/h3-9H,2H2,1H3,(H,21,22)(H,25,26). The average Bonchev–Trinajstić information content (AvgIpc) is 3.09. The number of rotatable bonds is 4. The summed E-state index contributed by atoms with van der Waals surface area (Å²) in [5, 5.41) is 12.7. The van der Waals surface area contributed by atoms with E-state index in [2.05, 4.69) is 10.3 Å². The summed E-state index contributed by atoms with van der Waals surface area (Å²) >= 11 is 1.01. The van der Waals surface area contributed by atoms with Crippen molar-refractivity contribution in [1.82, 2.24) is 4.98 Å². The van der Waals surface area contributed by atoms with E-state index < -0.39 is 5.97 Å². The molecule has 0 radical (unpaired) electrons. The maximum Gasteiger partial charge on any atom is 0.347 e. The highest BCUT2D eigenvalue weighted by Crippen LogP contribution is 2.34. The lowest BCUT2D eigenvalue weighted by Crippen LogP contribution is -2.22. The number of benzene rings is 2. The van der Waals surface area contributed by atoms with Gasteiger partial charge in [0, 0.05) is 16.7 Å². The lowest BCUT2D eigenvalue weighted by atomic mass is 9.83. The molecule has 0 saturated heterocycles. The Balaban J connectivity index is 1.80. The second-order valence-electron chi connectivity index (χ2n) is 6.01. The molecule has 3 aromatic rings. The van der Waals surface area contributed by atoms with E-state index in [1.165, 1.54) is 0 Å². The molecule has 1 heterocycles. The predicted octanol–water partition coefficient (Wildman–Crippen LogP) is 3.92. The summed E-state index contributed by atoms with van der Waals surface area (Å²) in [6.07, 6.45) is 0.484. The first-order chi connectivity index (χ1) is 13.0. The van der Waals surface area contributed by atoms with Crippen LogP contribution in [0.2, 0.25) is 0 Å². The van der Waals surface area contributed by atoms with E-state index in [0.29, 0.717) is 39.6 Å². The van der Waals surface area contributed by atoms with Crippen molar-refractivity contribution in [2.45, 2.75) is 13.3 Å². The van der Waals surface area contributed by atoms with Crippen LogP contribution in [0.1, 0.15) is 54.1 Å².